The SMILES string of the molecule is CC(C)(C)OC(=O)N[C@@H](CC(=O)O)c1cc(Br)c(Br)s1. The molecule has 0 unspecified atom stereocenters. The Bertz CT molecular complexity index is 491. The number of aliphatic carboxylic acids is 1. The molecule has 2 N–H and O–H groups in total. The van der Waals surface area contributed by atoms with E-state index in [2.05, 4.69) is 37.2 Å². The molecule has 8 heteroatoms. The molecule has 5 nitrogen and oxygen atoms in total. The minimum absolute atomic E-state index is 0.210. The van der Waals surface area contributed by atoms with Crippen molar-refractivity contribution in [1.82, 2.24) is 5.32 Å². The number of halogens is 2. The molecule has 0 radical (unpaired) electrons. The van der Waals surface area contributed by atoms with Crippen molar-refractivity contribution in [2.24, 2.45) is 0 Å². The van der Waals surface area contributed by atoms with Crippen molar-refractivity contribution in [2.75, 3.05) is 0 Å². The molecule has 0 aromatic carbocycles. The highest BCUT2D eigenvalue weighted by molar-refractivity contribution is 9.13. The van der Waals surface area contributed by atoms with E-state index in [1.807, 2.05) is 0 Å². The van der Waals surface area contributed by atoms with Gasteiger partial charge in [0.15, 0.2) is 0 Å². The third-order valence-corrected chi connectivity index (χ3v) is 5.45. The number of carboxylic acids is 1. The molecule has 0 aliphatic rings. The van der Waals surface area contributed by atoms with Gasteiger partial charge in [0.1, 0.15) is 5.60 Å². The number of hydrogen-bond donors (Lipinski definition) is 2. The van der Waals surface area contributed by atoms with E-state index in [4.69, 9.17) is 9.84 Å². The largest absolute Gasteiger partial charge is 0.481 e. The molecule has 0 saturated carbocycles. The predicted molar refractivity (Wildman–Crippen MR) is 84.1 cm³/mol. The lowest BCUT2D eigenvalue weighted by molar-refractivity contribution is -0.137. The molecule has 20 heavy (non-hydrogen) atoms. The molecule has 1 rings (SSSR count). The summed E-state index contributed by atoms with van der Waals surface area (Å²) in [5.74, 6) is -0.994. The van der Waals surface area contributed by atoms with E-state index >= 15 is 0 Å². The number of amides is 1. The van der Waals surface area contributed by atoms with Crippen molar-refractivity contribution < 1.29 is 19.4 Å². The molecule has 0 fully saturated rings. The average molecular weight is 429 g/mol. The highest BCUT2D eigenvalue weighted by atomic mass is 79.9. The van der Waals surface area contributed by atoms with Crippen LogP contribution in [0.15, 0.2) is 14.3 Å². The van der Waals surface area contributed by atoms with E-state index in [0.29, 0.717) is 0 Å². The first kappa shape index (κ1) is 17.5. The summed E-state index contributed by atoms with van der Waals surface area (Å²) in [5, 5.41) is 11.5. The van der Waals surface area contributed by atoms with E-state index in [1.165, 1.54) is 11.3 Å². The monoisotopic (exact) mass is 427 g/mol. The summed E-state index contributed by atoms with van der Waals surface area (Å²) >= 11 is 8.04. The fourth-order valence-corrected chi connectivity index (χ4v) is 3.52. The van der Waals surface area contributed by atoms with Gasteiger partial charge in [-0.1, -0.05) is 0 Å². The zero-order valence-corrected chi connectivity index (χ0v) is 15.2. The second-order valence-electron chi connectivity index (χ2n) is 5.07. The normalized spacial score (nSPS) is 12.8. The molecule has 0 aliphatic heterocycles. The molecule has 0 spiro atoms. The number of nitrogens with one attached hydrogen (secondary N) is 1. The Hall–Kier alpha value is -0.600. The van der Waals surface area contributed by atoms with E-state index in [-0.39, 0.29) is 6.42 Å². The average Bonchev–Trinajstić information content (AvgIpc) is 2.54. The van der Waals surface area contributed by atoms with Crippen LogP contribution in [0.3, 0.4) is 0 Å². The maximum absolute atomic E-state index is 11.8. The van der Waals surface area contributed by atoms with Gasteiger partial charge in [-0.3, -0.25) is 4.79 Å². The van der Waals surface area contributed by atoms with Crippen LogP contribution in [0.1, 0.15) is 38.1 Å². The minimum Gasteiger partial charge on any atom is -0.481 e. The van der Waals surface area contributed by atoms with Crippen molar-refractivity contribution in [2.45, 2.75) is 38.8 Å². The van der Waals surface area contributed by atoms with Gasteiger partial charge in [-0.15, -0.1) is 11.3 Å². The number of hydrogen-bond acceptors (Lipinski definition) is 4. The van der Waals surface area contributed by atoms with Crippen molar-refractivity contribution in [1.29, 1.82) is 0 Å². The summed E-state index contributed by atoms with van der Waals surface area (Å²) in [6, 6.07) is 1.15. The van der Waals surface area contributed by atoms with Gasteiger partial charge in [0.05, 0.1) is 16.2 Å². The van der Waals surface area contributed by atoms with Crippen molar-refractivity contribution >= 4 is 55.3 Å². The lowest BCUT2D eigenvalue weighted by Gasteiger charge is -2.22. The Kier molecular flexibility index (Phi) is 6.03. The Labute approximate surface area is 138 Å². The maximum Gasteiger partial charge on any atom is 0.408 e. The first-order chi connectivity index (χ1) is 9.08. The fourth-order valence-electron chi connectivity index (χ4n) is 1.38. The van der Waals surface area contributed by atoms with Crippen molar-refractivity contribution in [3.8, 4) is 0 Å². The first-order valence-corrected chi connectivity index (χ1v) is 8.15. The molecular weight excluding hydrogens is 414 g/mol. The molecule has 1 aromatic rings. The predicted octanol–water partition coefficient (Wildman–Crippen LogP) is 4.31. The van der Waals surface area contributed by atoms with Crippen LogP contribution in [-0.2, 0) is 9.53 Å². The first-order valence-electron chi connectivity index (χ1n) is 5.74. The van der Waals surface area contributed by atoms with Crippen LogP contribution in [0.25, 0.3) is 0 Å². The lowest BCUT2D eigenvalue weighted by Crippen LogP contribution is -2.35. The molecule has 1 aromatic heterocycles. The van der Waals surface area contributed by atoms with Gasteiger partial charge in [0.25, 0.3) is 0 Å². The van der Waals surface area contributed by atoms with Gasteiger partial charge in [-0.05, 0) is 58.7 Å². The highest BCUT2D eigenvalue weighted by Crippen LogP contribution is 2.36. The molecule has 1 atom stereocenters. The summed E-state index contributed by atoms with van der Waals surface area (Å²) in [6.07, 6.45) is -0.845. The molecule has 1 heterocycles. The number of carbonyl (C=O) groups excluding carboxylic acids is 1. The summed E-state index contributed by atoms with van der Waals surface area (Å²) in [5.41, 5.74) is -0.630. The number of alkyl carbamates (subject to hydrolysis) is 1. The van der Waals surface area contributed by atoms with E-state index < -0.39 is 23.7 Å². The second-order valence-corrected chi connectivity index (χ2v) is 8.32. The minimum atomic E-state index is -0.994. The summed E-state index contributed by atoms with van der Waals surface area (Å²) in [7, 11) is 0. The number of carbonyl (C=O) groups is 2. The van der Waals surface area contributed by atoms with Crippen LogP contribution >= 0.6 is 43.2 Å². The third-order valence-electron chi connectivity index (χ3n) is 2.08. The fraction of sp³-hybridized carbons (Fsp3) is 0.500. The standard InChI is InChI=1S/C12H15Br2NO4S/c1-12(2,3)19-11(18)15-7(5-9(16)17)8-4-6(13)10(14)20-8/h4,7H,5H2,1-3H3,(H,15,18)(H,16,17)/t7-/m0/s1. The Morgan fingerprint density at radius 1 is 1.45 bits per heavy atom. The van der Waals surface area contributed by atoms with E-state index in [1.54, 1.807) is 26.8 Å². The maximum atomic E-state index is 11.8. The van der Waals surface area contributed by atoms with Crippen LogP contribution < -0.4 is 5.32 Å². The molecule has 0 saturated heterocycles. The van der Waals surface area contributed by atoms with Gasteiger partial charge in [0.2, 0.25) is 0 Å². The van der Waals surface area contributed by atoms with Crippen LogP contribution in [0.5, 0.6) is 0 Å². The lowest BCUT2D eigenvalue weighted by atomic mass is 10.1. The zero-order chi connectivity index (χ0) is 15.5. The van der Waals surface area contributed by atoms with Crippen LogP contribution in [0, 0.1) is 0 Å². The molecule has 112 valence electrons. The molecule has 1 amide bonds. The van der Waals surface area contributed by atoms with Gasteiger partial charge in [-0.2, -0.15) is 0 Å². The summed E-state index contributed by atoms with van der Waals surface area (Å²) in [4.78, 5) is 23.4. The zero-order valence-electron chi connectivity index (χ0n) is 11.2. The Morgan fingerprint density at radius 2 is 2.05 bits per heavy atom. The van der Waals surface area contributed by atoms with Crippen molar-refractivity contribution in [3.63, 3.8) is 0 Å². The highest BCUT2D eigenvalue weighted by Gasteiger charge is 2.24. The van der Waals surface area contributed by atoms with Gasteiger partial charge in [-0.25, -0.2) is 4.79 Å². The number of ether oxygens (including phenoxy) is 1. The summed E-state index contributed by atoms with van der Waals surface area (Å²) in [6.45, 7) is 5.24. The number of thiophene rings is 1. The van der Waals surface area contributed by atoms with Crippen LogP contribution in [0.4, 0.5) is 4.79 Å². The van der Waals surface area contributed by atoms with Crippen LogP contribution in [-0.4, -0.2) is 22.8 Å². The third kappa shape index (κ3) is 5.80. The quantitative estimate of drug-likeness (QED) is 0.748. The number of carboxylic acid groups (broad SMARTS) is 1. The van der Waals surface area contributed by atoms with E-state index in [9.17, 15) is 9.59 Å². The second kappa shape index (κ2) is 6.91. The topological polar surface area (TPSA) is 75.6 Å². The Balaban J connectivity index is 2.85. The van der Waals surface area contributed by atoms with Crippen molar-refractivity contribution in [3.05, 3.63) is 19.2 Å². The van der Waals surface area contributed by atoms with E-state index in [0.717, 1.165) is 13.1 Å². The molecular formula is C12H15Br2NO4S. The summed E-state index contributed by atoms with van der Waals surface area (Å²) < 4.78 is 6.81. The molecule has 0 aliphatic carbocycles. The Morgan fingerprint density at radius 3 is 2.45 bits per heavy atom. The van der Waals surface area contributed by atoms with Gasteiger partial charge >= 0.3 is 12.1 Å². The smallest absolute Gasteiger partial charge is 0.408 e. The number of rotatable bonds is 4. The van der Waals surface area contributed by atoms with Gasteiger partial charge < -0.3 is 15.2 Å². The molecule has 0 bridgehead atoms. The van der Waals surface area contributed by atoms with Crippen LogP contribution in [0.2, 0.25) is 0 Å². The van der Waals surface area contributed by atoms with Gasteiger partial charge in [0, 0.05) is 9.35 Å².